The lowest BCUT2D eigenvalue weighted by atomic mass is 10.1. The van der Waals surface area contributed by atoms with Crippen molar-refractivity contribution in [2.75, 3.05) is 18.0 Å². The van der Waals surface area contributed by atoms with Gasteiger partial charge in [-0.2, -0.15) is 0 Å². The van der Waals surface area contributed by atoms with E-state index in [-0.39, 0.29) is 5.69 Å². The highest BCUT2D eigenvalue weighted by Gasteiger charge is 2.18. The van der Waals surface area contributed by atoms with E-state index in [1.165, 1.54) is 23.1 Å². The van der Waals surface area contributed by atoms with Gasteiger partial charge in [0.2, 0.25) is 5.65 Å². The maximum atomic E-state index is 12.7. The Kier molecular flexibility index (Phi) is 4.26. The van der Waals surface area contributed by atoms with Gasteiger partial charge in [-0.05, 0) is 25.3 Å². The molecular formula is C19H23N5O. The lowest BCUT2D eigenvalue weighted by molar-refractivity contribution is 0.658. The molecule has 0 radical (unpaired) electrons. The Morgan fingerprint density at radius 1 is 1.04 bits per heavy atom. The number of hydrogen-bond donors (Lipinski definition) is 0. The molecule has 1 aliphatic heterocycles. The second kappa shape index (κ2) is 6.70. The maximum Gasteiger partial charge on any atom is 0.350 e. The molecule has 0 atom stereocenters. The molecule has 0 bridgehead atoms. The van der Waals surface area contributed by atoms with Crippen molar-refractivity contribution in [1.82, 2.24) is 19.2 Å². The minimum atomic E-state index is -0.117. The summed E-state index contributed by atoms with van der Waals surface area (Å²) in [5, 5.41) is 4.60. The van der Waals surface area contributed by atoms with Crippen LogP contribution in [0.5, 0.6) is 0 Å². The van der Waals surface area contributed by atoms with Crippen molar-refractivity contribution in [2.24, 2.45) is 0 Å². The molecule has 0 spiro atoms. The molecule has 3 heterocycles. The van der Waals surface area contributed by atoms with Gasteiger partial charge in [0, 0.05) is 25.5 Å². The van der Waals surface area contributed by atoms with Gasteiger partial charge in [-0.1, -0.05) is 42.7 Å². The lowest BCUT2D eigenvalue weighted by Gasteiger charge is -2.21. The third-order valence-corrected chi connectivity index (χ3v) is 4.84. The third-order valence-electron chi connectivity index (χ3n) is 4.84. The Labute approximate surface area is 146 Å². The van der Waals surface area contributed by atoms with Gasteiger partial charge in [0.05, 0.1) is 6.54 Å². The van der Waals surface area contributed by atoms with E-state index < -0.39 is 0 Å². The Bertz CT molecular complexity index is 917. The zero-order chi connectivity index (χ0) is 17.2. The first-order chi connectivity index (χ1) is 12.2. The van der Waals surface area contributed by atoms with E-state index in [9.17, 15) is 4.79 Å². The van der Waals surface area contributed by atoms with E-state index in [0.717, 1.165) is 37.3 Å². The van der Waals surface area contributed by atoms with Gasteiger partial charge in [0.25, 0.3) is 0 Å². The molecule has 1 saturated heterocycles. The van der Waals surface area contributed by atoms with Crippen LogP contribution in [0.3, 0.4) is 0 Å². The quantitative estimate of drug-likeness (QED) is 0.737. The number of aryl methyl sites for hydroxylation is 1. The van der Waals surface area contributed by atoms with E-state index in [1.54, 1.807) is 16.8 Å². The molecule has 0 aliphatic carbocycles. The van der Waals surface area contributed by atoms with Crippen molar-refractivity contribution in [3.8, 4) is 0 Å². The van der Waals surface area contributed by atoms with Crippen molar-refractivity contribution in [2.45, 2.75) is 39.2 Å². The second-order valence-corrected chi connectivity index (χ2v) is 6.77. The van der Waals surface area contributed by atoms with Crippen LogP contribution in [-0.4, -0.2) is 32.3 Å². The standard InChI is InChI=1S/C19H23N5O/c1-15-6-8-16(9-7-15)14-24-19(25)23-13-10-20-17(18(23)21-24)22-11-4-2-3-5-12-22/h6-10,13H,2-5,11-12,14H2,1H3. The molecule has 0 N–H and O–H groups in total. The molecule has 130 valence electrons. The summed E-state index contributed by atoms with van der Waals surface area (Å²) in [5.74, 6) is 0.823. The highest BCUT2D eigenvalue weighted by molar-refractivity contribution is 5.63. The van der Waals surface area contributed by atoms with Crippen molar-refractivity contribution in [3.63, 3.8) is 0 Å². The molecule has 6 nitrogen and oxygen atoms in total. The summed E-state index contributed by atoms with van der Waals surface area (Å²) < 4.78 is 3.14. The summed E-state index contributed by atoms with van der Waals surface area (Å²) in [4.78, 5) is 19.5. The number of nitrogens with zero attached hydrogens (tertiary/aromatic N) is 5. The SMILES string of the molecule is Cc1ccc(Cn2nc3c(N4CCCCCC4)nccn3c2=O)cc1. The van der Waals surface area contributed by atoms with Crippen LogP contribution in [0, 0.1) is 6.92 Å². The smallest absolute Gasteiger partial charge is 0.350 e. The van der Waals surface area contributed by atoms with E-state index in [2.05, 4.69) is 34.0 Å². The van der Waals surface area contributed by atoms with E-state index in [0.29, 0.717) is 12.2 Å². The molecular weight excluding hydrogens is 314 g/mol. The molecule has 1 fully saturated rings. The number of hydrogen-bond acceptors (Lipinski definition) is 4. The van der Waals surface area contributed by atoms with E-state index >= 15 is 0 Å². The van der Waals surface area contributed by atoms with Crippen molar-refractivity contribution >= 4 is 11.5 Å². The molecule has 6 heteroatoms. The molecule has 1 aliphatic rings. The number of rotatable bonds is 3. The summed E-state index contributed by atoms with van der Waals surface area (Å²) in [6.45, 7) is 4.48. The zero-order valence-corrected chi connectivity index (χ0v) is 14.6. The van der Waals surface area contributed by atoms with Gasteiger partial charge in [-0.3, -0.25) is 0 Å². The summed E-state index contributed by atoms with van der Waals surface area (Å²) in [5.41, 5.74) is 2.81. The van der Waals surface area contributed by atoms with Crippen molar-refractivity contribution < 1.29 is 0 Å². The molecule has 0 amide bonds. The van der Waals surface area contributed by atoms with Gasteiger partial charge < -0.3 is 4.90 Å². The molecule has 0 unspecified atom stereocenters. The Balaban J connectivity index is 1.72. The van der Waals surface area contributed by atoms with Crippen LogP contribution in [0.2, 0.25) is 0 Å². The fraction of sp³-hybridized carbons (Fsp3) is 0.421. The number of benzene rings is 1. The molecule has 3 aromatic rings. The predicted octanol–water partition coefficient (Wildman–Crippen LogP) is 2.63. The summed E-state index contributed by atoms with van der Waals surface area (Å²) in [6.07, 6.45) is 8.25. The normalized spacial score (nSPS) is 15.5. The minimum Gasteiger partial charge on any atom is -0.353 e. The largest absolute Gasteiger partial charge is 0.353 e. The van der Waals surface area contributed by atoms with Crippen molar-refractivity contribution in [3.05, 3.63) is 58.3 Å². The lowest BCUT2D eigenvalue weighted by Crippen LogP contribution is -2.26. The van der Waals surface area contributed by atoms with E-state index in [1.807, 2.05) is 12.1 Å². The number of aromatic nitrogens is 4. The Hall–Kier alpha value is -2.63. The number of anilines is 1. The van der Waals surface area contributed by atoms with Gasteiger partial charge in [0.1, 0.15) is 0 Å². The Morgan fingerprint density at radius 2 is 1.76 bits per heavy atom. The predicted molar refractivity (Wildman–Crippen MR) is 98.2 cm³/mol. The summed E-state index contributed by atoms with van der Waals surface area (Å²) >= 11 is 0. The van der Waals surface area contributed by atoms with Gasteiger partial charge in [-0.25, -0.2) is 18.9 Å². The maximum absolute atomic E-state index is 12.7. The van der Waals surface area contributed by atoms with Crippen LogP contribution in [0.1, 0.15) is 36.8 Å². The van der Waals surface area contributed by atoms with Crippen LogP contribution in [0.4, 0.5) is 5.82 Å². The molecule has 2 aromatic heterocycles. The van der Waals surface area contributed by atoms with Crippen molar-refractivity contribution in [1.29, 1.82) is 0 Å². The van der Waals surface area contributed by atoms with Crippen LogP contribution < -0.4 is 10.6 Å². The fourth-order valence-corrected chi connectivity index (χ4v) is 3.41. The van der Waals surface area contributed by atoms with Gasteiger partial charge in [0.15, 0.2) is 5.82 Å². The topological polar surface area (TPSA) is 55.4 Å². The zero-order valence-electron chi connectivity index (χ0n) is 14.6. The van der Waals surface area contributed by atoms with Crippen LogP contribution >= 0.6 is 0 Å². The average Bonchev–Trinajstić information content (AvgIpc) is 2.81. The first kappa shape index (κ1) is 15.9. The molecule has 1 aromatic carbocycles. The average molecular weight is 337 g/mol. The minimum absolute atomic E-state index is 0.117. The van der Waals surface area contributed by atoms with Gasteiger partial charge >= 0.3 is 5.69 Å². The summed E-state index contributed by atoms with van der Waals surface area (Å²) in [6, 6.07) is 8.19. The van der Waals surface area contributed by atoms with Gasteiger partial charge in [-0.15, -0.1) is 5.10 Å². The van der Waals surface area contributed by atoms with E-state index in [4.69, 9.17) is 0 Å². The highest BCUT2D eigenvalue weighted by atomic mass is 16.2. The second-order valence-electron chi connectivity index (χ2n) is 6.77. The fourth-order valence-electron chi connectivity index (χ4n) is 3.41. The molecule has 4 rings (SSSR count). The third kappa shape index (κ3) is 3.16. The van der Waals surface area contributed by atoms with Crippen LogP contribution in [-0.2, 0) is 6.54 Å². The van der Waals surface area contributed by atoms with Crippen LogP contribution in [0.15, 0.2) is 41.5 Å². The monoisotopic (exact) mass is 337 g/mol. The first-order valence-electron chi connectivity index (χ1n) is 8.97. The highest BCUT2D eigenvalue weighted by Crippen LogP contribution is 2.20. The summed E-state index contributed by atoms with van der Waals surface area (Å²) in [7, 11) is 0. The first-order valence-corrected chi connectivity index (χ1v) is 8.97. The molecule has 25 heavy (non-hydrogen) atoms. The Morgan fingerprint density at radius 3 is 2.48 bits per heavy atom. The molecule has 0 saturated carbocycles. The number of fused-ring (bicyclic) bond motifs is 1. The van der Waals surface area contributed by atoms with Crippen LogP contribution in [0.25, 0.3) is 5.65 Å².